The Morgan fingerprint density at radius 1 is 1.71 bits per heavy atom. The molecule has 0 aliphatic carbocycles. The van der Waals surface area contributed by atoms with Gasteiger partial charge in [0, 0.05) is 0 Å². The van der Waals surface area contributed by atoms with E-state index in [2.05, 4.69) is 5.10 Å². The molecule has 0 aromatic carbocycles. The van der Waals surface area contributed by atoms with Gasteiger partial charge in [0.2, 0.25) is 5.91 Å². The SMILES string of the molecule is CCC(C)N1N=C(CC(=O)O)CC1=O. The summed E-state index contributed by atoms with van der Waals surface area (Å²) < 4.78 is 0. The van der Waals surface area contributed by atoms with Crippen LogP contribution >= 0.6 is 0 Å². The summed E-state index contributed by atoms with van der Waals surface area (Å²) >= 11 is 0. The van der Waals surface area contributed by atoms with E-state index in [-0.39, 0.29) is 24.8 Å². The van der Waals surface area contributed by atoms with E-state index < -0.39 is 5.97 Å². The van der Waals surface area contributed by atoms with Gasteiger partial charge in [0.15, 0.2) is 0 Å². The van der Waals surface area contributed by atoms with Gasteiger partial charge in [-0.2, -0.15) is 5.10 Å². The molecule has 1 N–H and O–H groups in total. The Balaban J connectivity index is 2.66. The molecule has 0 bridgehead atoms. The number of carboxylic acids is 1. The highest BCUT2D eigenvalue weighted by atomic mass is 16.4. The molecule has 1 heterocycles. The number of hydrogen-bond donors (Lipinski definition) is 1. The van der Waals surface area contributed by atoms with Gasteiger partial charge >= 0.3 is 5.97 Å². The first-order valence-corrected chi connectivity index (χ1v) is 4.64. The molecule has 5 nitrogen and oxygen atoms in total. The molecule has 0 saturated heterocycles. The minimum atomic E-state index is -0.942. The van der Waals surface area contributed by atoms with Crippen LogP contribution in [0.5, 0.6) is 0 Å². The number of carbonyl (C=O) groups is 2. The van der Waals surface area contributed by atoms with Crippen molar-refractivity contribution < 1.29 is 14.7 Å². The Hall–Kier alpha value is -1.39. The number of amides is 1. The van der Waals surface area contributed by atoms with Gasteiger partial charge in [-0.1, -0.05) is 6.92 Å². The van der Waals surface area contributed by atoms with E-state index in [1.54, 1.807) is 0 Å². The van der Waals surface area contributed by atoms with E-state index in [0.29, 0.717) is 5.71 Å². The maximum Gasteiger partial charge on any atom is 0.309 e. The molecule has 14 heavy (non-hydrogen) atoms. The standard InChI is InChI=1S/C9H14N2O3/c1-3-6(2)11-8(12)4-7(10-11)5-9(13)14/h6H,3-5H2,1-2H3,(H,13,14). The number of rotatable bonds is 4. The van der Waals surface area contributed by atoms with Crippen LogP contribution in [0.2, 0.25) is 0 Å². The molecule has 0 saturated carbocycles. The molecule has 5 heteroatoms. The molecular formula is C9H14N2O3. The molecule has 0 spiro atoms. The fraction of sp³-hybridized carbons (Fsp3) is 0.667. The lowest BCUT2D eigenvalue weighted by atomic mass is 10.2. The molecule has 1 atom stereocenters. The minimum absolute atomic E-state index is 0.0498. The van der Waals surface area contributed by atoms with E-state index >= 15 is 0 Å². The lowest BCUT2D eigenvalue weighted by Crippen LogP contribution is -2.29. The second-order valence-electron chi connectivity index (χ2n) is 3.41. The van der Waals surface area contributed by atoms with Crippen molar-refractivity contribution in [3.8, 4) is 0 Å². The van der Waals surface area contributed by atoms with E-state index in [1.165, 1.54) is 5.01 Å². The second-order valence-corrected chi connectivity index (χ2v) is 3.41. The normalized spacial score (nSPS) is 18.3. The van der Waals surface area contributed by atoms with Gasteiger partial charge < -0.3 is 5.11 Å². The van der Waals surface area contributed by atoms with Gasteiger partial charge in [0.1, 0.15) is 0 Å². The van der Waals surface area contributed by atoms with Crippen LogP contribution in [0.15, 0.2) is 5.10 Å². The van der Waals surface area contributed by atoms with Crippen molar-refractivity contribution in [2.75, 3.05) is 0 Å². The van der Waals surface area contributed by atoms with Crippen molar-refractivity contribution in [1.82, 2.24) is 5.01 Å². The predicted molar refractivity (Wildman–Crippen MR) is 50.9 cm³/mol. The highest BCUT2D eigenvalue weighted by molar-refractivity contribution is 6.10. The summed E-state index contributed by atoms with van der Waals surface area (Å²) in [5.74, 6) is -1.04. The monoisotopic (exact) mass is 198 g/mol. The summed E-state index contributed by atoms with van der Waals surface area (Å²) in [6, 6.07) is 0.0498. The first-order valence-electron chi connectivity index (χ1n) is 4.64. The average molecular weight is 198 g/mol. The number of aliphatic carboxylic acids is 1. The van der Waals surface area contributed by atoms with Crippen LogP contribution < -0.4 is 0 Å². The van der Waals surface area contributed by atoms with Gasteiger partial charge in [-0.3, -0.25) is 9.59 Å². The average Bonchev–Trinajstić information content (AvgIpc) is 2.44. The Morgan fingerprint density at radius 2 is 2.36 bits per heavy atom. The number of carbonyl (C=O) groups excluding carboxylic acids is 1. The lowest BCUT2D eigenvalue weighted by molar-refractivity contribution is -0.135. The van der Waals surface area contributed by atoms with Crippen LogP contribution in [-0.2, 0) is 9.59 Å². The van der Waals surface area contributed by atoms with Crippen LogP contribution in [0.1, 0.15) is 33.1 Å². The topological polar surface area (TPSA) is 70.0 Å². The predicted octanol–water partition coefficient (Wildman–Crippen LogP) is 0.848. The summed E-state index contributed by atoms with van der Waals surface area (Å²) in [7, 11) is 0. The summed E-state index contributed by atoms with van der Waals surface area (Å²) in [6.07, 6.45) is 0.824. The Kier molecular flexibility index (Phi) is 3.22. The smallest absolute Gasteiger partial charge is 0.309 e. The molecule has 1 amide bonds. The Bertz CT molecular complexity index is 286. The Morgan fingerprint density at radius 3 is 2.86 bits per heavy atom. The number of carboxylic acid groups (broad SMARTS) is 1. The molecule has 0 radical (unpaired) electrons. The summed E-state index contributed by atoms with van der Waals surface area (Å²) in [4.78, 5) is 21.8. The van der Waals surface area contributed by atoms with Crippen LogP contribution in [-0.4, -0.2) is 33.7 Å². The van der Waals surface area contributed by atoms with Crippen molar-refractivity contribution in [1.29, 1.82) is 0 Å². The van der Waals surface area contributed by atoms with Gasteiger partial charge in [0.05, 0.1) is 24.6 Å². The van der Waals surface area contributed by atoms with E-state index in [4.69, 9.17) is 5.11 Å². The largest absolute Gasteiger partial charge is 0.481 e. The first kappa shape index (κ1) is 10.7. The number of hydrazone groups is 1. The fourth-order valence-corrected chi connectivity index (χ4v) is 1.29. The quantitative estimate of drug-likeness (QED) is 0.727. The molecular weight excluding hydrogens is 184 g/mol. The van der Waals surface area contributed by atoms with Crippen LogP contribution in [0.3, 0.4) is 0 Å². The second kappa shape index (κ2) is 4.21. The molecule has 1 aliphatic rings. The van der Waals surface area contributed by atoms with Crippen molar-refractivity contribution in [3.63, 3.8) is 0 Å². The number of nitrogens with zero attached hydrogens (tertiary/aromatic N) is 2. The third-order valence-electron chi connectivity index (χ3n) is 2.22. The lowest BCUT2D eigenvalue weighted by Gasteiger charge is -2.18. The summed E-state index contributed by atoms with van der Waals surface area (Å²) in [6.45, 7) is 3.85. The van der Waals surface area contributed by atoms with E-state index in [0.717, 1.165) is 6.42 Å². The van der Waals surface area contributed by atoms with Crippen molar-refractivity contribution in [3.05, 3.63) is 0 Å². The molecule has 1 aliphatic heterocycles. The summed E-state index contributed by atoms with van der Waals surface area (Å²) in [5.41, 5.74) is 0.447. The fourth-order valence-electron chi connectivity index (χ4n) is 1.29. The molecule has 0 fully saturated rings. The third-order valence-corrected chi connectivity index (χ3v) is 2.22. The van der Waals surface area contributed by atoms with Crippen molar-refractivity contribution >= 4 is 17.6 Å². The van der Waals surface area contributed by atoms with E-state index in [1.807, 2.05) is 13.8 Å². The van der Waals surface area contributed by atoms with Crippen LogP contribution in [0, 0.1) is 0 Å². The van der Waals surface area contributed by atoms with Gasteiger partial charge in [0.25, 0.3) is 0 Å². The maximum absolute atomic E-state index is 11.4. The molecule has 1 rings (SSSR count). The zero-order valence-corrected chi connectivity index (χ0v) is 8.36. The Labute approximate surface area is 82.4 Å². The highest BCUT2D eigenvalue weighted by Crippen LogP contribution is 2.15. The minimum Gasteiger partial charge on any atom is -0.481 e. The van der Waals surface area contributed by atoms with Crippen LogP contribution in [0.4, 0.5) is 0 Å². The highest BCUT2D eigenvalue weighted by Gasteiger charge is 2.27. The zero-order chi connectivity index (χ0) is 10.7. The van der Waals surface area contributed by atoms with Crippen LogP contribution in [0.25, 0.3) is 0 Å². The zero-order valence-electron chi connectivity index (χ0n) is 8.36. The van der Waals surface area contributed by atoms with Gasteiger partial charge in [-0.25, -0.2) is 5.01 Å². The maximum atomic E-state index is 11.4. The molecule has 0 aromatic rings. The first-order chi connectivity index (χ1) is 6.54. The van der Waals surface area contributed by atoms with E-state index in [9.17, 15) is 9.59 Å². The van der Waals surface area contributed by atoms with Crippen molar-refractivity contribution in [2.45, 2.75) is 39.2 Å². The molecule has 1 unspecified atom stereocenters. The van der Waals surface area contributed by atoms with Gasteiger partial charge in [-0.15, -0.1) is 0 Å². The third kappa shape index (κ3) is 2.31. The molecule has 0 aromatic heterocycles. The summed E-state index contributed by atoms with van der Waals surface area (Å²) in [5, 5.41) is 13.9. The molecule has 78 valence electrons. The number of hydrogen-bond acceptors (Lipinski definition) is 3. The van der Waals surface area contributed by atoms with Gasteiger partial charge in [-0.05, 0) is 13.3 Å². The van der Waals surface area contributed by atoms with Crippen molar-refractivity contribution in [2.24, 2.45) is 5.10 Å².